The van der Waals surface area contributed by atoms with Crippen molar-refractivity contribution in [2.45, 2.75) is 13.0 Å². The summed E-state index contributed by atoms with van der Waals surface area (Å²) in [5.74, 6) is -1.45. The summed E-state index contributed by atoms with van der Waals surface area (Å²) in [6, 6.07) is 2.89. The van der Waals surface area contributed by atoms with Gasteiger partial charge in [0.15, 0.2) is 11.6 Å². The first kappa shape index (κ1) is 11.5. The van der Waals surface area contributed by atoms with Gasteiger partial charge in [-0.1, -0.05) is 12.1 Å². The molecule has 14 heavy (non-hydrogen) atoms. The minimum absolute atomic E-state index is 0.0300. The van der Waals surface area contributed by atoms with E-state index in [1.165, 1.54) is 30.8 Å². The molecule has 78 valence electrons. The zero-order chi connectivity index (χ0) is 10.7. The van der Waals surface area contributed by atoms with Crippen LogP contribution in [0.3, 0.4) is 0 Å². The number of aliphatic hydroxyl groups excluding tert-OH is 1. The lowest BCUT2D eigenvalue weighted by Gasteiger charge is -2.11. The third kappa shape index (κ3) is 2.25. The average molecular weight is 218 g/mol. The average Bonchev–Trinajstić information content (AvgIpc) is 2.15. The van der Waals surface area contributed by atoms with Crippen LogP contribution in [0.1, 0.15) is 17.2 Å². The van der Waals surface area contributed by atoms with Gasteiger partial charge in [-0.3, -0.25) is 0 Å². The highest BCUT2D eigenvalue weighted by Crippen LogP contribution is 2.23. The Bertz CT molecular complexity index is 328. The minimum atomic E-state index is -0.944. The fraction of sp³-hybridized carbons (Fsp3) is 0.400. The maximum atomic E-state index is 13.3. The van der Waals surface area contributed by atoms with Gasteiger partial charge in [0.05, 0.1) is 6.10 Å². The third-order valence-electron chi connectivity index (χ3n) is 1.99. The normalized spacial score (nSPS) is 12.9. The van der Waals surface area contributed by atoms with E-state index in [0.717, 1.165) is 0 Å². The van der Waals surface area contributed by atoms with Gasteiger partial charge in [-0.05, 0) is 18.7 Å². The molecular weight excluding hydrogens is 206 g/mol. The van der Waals surface area contributed by atoms with Crippen LogP contribution in [0.15, 0.2) is 12.1 Å². The number of hydrogen-bond donors (Lipinski definition) is 1. The van der Waals surface area contributed by atoms with Crippen molar-refractivity contribution in [3.05, 3.63) is 34.9 Å². The molecule has 0 aliphatic heterocycles. The molecule has 0 heterocycles. The molecule has 0 radical (unpaired) electrons. The van der Waals surface area contributed by atoms with Crippen LogP contribution in [-0.4, -0.2) is 17.1 Å². The summed E-state index contributed by atoms with van der Waals surface area (Å²) in [6.45, 7) is 1.49. The first-order chi connectivity index (χ1) is 6.57. The molecule has 1 nitrogen and oxygen atoms in total. The van der Waals surface area contributed by atoms with Crippen LogP contribution in [0.5, 0.6) is 0 Å². The highest BCUT2D eigenvalue weighted by Gasteiger charge is 2.16. The molecule has 0 bridgehead atoms. The lowest BCUT2D eigenvalue weighted by molar-refractivity contribution is 0.197. The molecule has 1 rings (SSSR count). The number of aliphatic hydroxyl groups is 1. The van der Waals surface area contributed by atoms with Gasteiger partial charge in [0.2, 0.25) is 0 Å². The van der Waals surface area contributed by atoms with E-state index >= 15 is 0 Å². The number of thioether (sulfide) groups is 1. The Morgan fingerprint density at radius 2 is 2.00 bits per heavy atom. The number of rotatable bonds is 3. The Morgan fingerprint density at radius 3 is 2.57 bits per heavy atom. The molecule has 0 saturated heterocycles. The van der Waals surface area contributed by atoms with Crippen LogP contribution in [0.2, 0.25) is 0 Å². The van der Waals surface area contributed by atoms with Crippen molar-refractivity contribution >= 4 is 11.8 Å². The first-order valence-electron chi connectivity index (χ1n) is 4.19. The molecule has 1 aromatic carbocycles. The molecule has 0 fully saturated rings. The molecule has 0 aliphatic carbocycles. The summed E-state index contributed by atoms with van der Waals surface area (Å²) < 4.78 is 26.4. The summed E-state index contributed by atoms with van der Waals surface area (Å²) in [5, 5.41) is 9.49. The Kier molecular flexibility index (Phi) is 3.89. The molecule has 0 aromatic heterocycles. The van der Waals surface area contributed by atoms with Crippen molar-refractivity contribution in [2.75, 3.05) is 12.0 Å². The quantitative estimate of drug-likeness (QED) is 0.841. The van der Waals surface area contributed by atoms with Crippen LogP contribution >= 0.6 is 11.8 Å². The van der Waals surface area contributed by atoms with Crippen LogP contribution in [0.25, 0.3) is 0 Å². The minimum Gasteiger partial charge on any atom is -0.387 e. The Hall–Kier alpha value is -0.610. The molecule has 1 atom stereocenters. The molecule has 4 heteroatoms. The zero-order valence-corrected chi connectivity index (χ0v) is 8.87. The fourth-order valence-corrected chi connectivity index (χ4v) is 1.66. The van der Waals surface area contributed by atoms with E-state index in [2.05, 4.69) is 0 Å². The standard InChI is InChI=1S/C10H12F2OS/c1-6-3-4-7(8(13)5-14-2)10(12)9(6)11/h3-4,8,13H,5H2,1-2H3. The van der Waals surface area contributed by atoms with Gasteiger partial charge in [-0.2, -0.15) is 11.8 Å². The number of benzene rings is 1. The first-order valence-corrected chi connectivity index (χ1v) is 5.58. The maximum absolute atomic E-state index is 13.3. The summed E-state index contributed by atoms with van der Waals surface area (Å²) in [7, 11) is 0. The van der Waals surface area contributed by atoms with Gasteiger partial charge in [0, 0.05) is 11.3 Å². The van der Waals surface area contributed by atoms with Crippen LogP contribution < -0.4 is 0 Å². The van der Waals surface area contributed by atoms with E-state index in [1.807, 2.05) is 0 Å². The van der Waals surface area contributed by atoms with Crippen molar-refractivity contribution in [3.8, 4) is 0 Å². The van der Waals surface area contributed by atoms with Crippen molar-refractivity contribution in [1.29, 1.82) is 0 Å². The second-order valence-electron chi connectivity index (χ2n) is 3.07. The second-order valence-corrected chi connectivity index (χ2v) is 3.98. The van der Waals surface area contributed by atoms with Crippen LogP contribution in [0, 0.1) is 18.6 Å². The predicted octanol–water partition coefficient (Wildman–Crippen LogP) is 2.67. The predicted molar refractivity (Wildman–Crippen MR) is 54.4 cm³/mol. The Labute approximate surface area is 86.1 Å². The zero-order valence-electron chi connectivity index (χ0n) is 8.05. The Morgan fingerprint density at radius 1 is 1.36 bits per heavy atom. The van der Waals surface area contributed by atoms with Crippen molar-refractivity contribution in [1.82, 2.24) is 0 Å². The summed E-state index contributed by atoms with van der Waals surface area (Å²) in [4.78, 5) is 0. The molecule has 0 spiro atoms. The van der Waals surface area contributed by atoms with Gasteiger partial charge in [-0.25, -0.2) is 8.78 Å². The smallest absolute Gasteiger partial charge is 0.164 e. The summed E-state index contributed by atoms with van der Waals surface area (Å²) in [6.07, 6.45) is 0.853. The number of halogens is 2. The van der Waals surface area contributed by atoms with Gasteiger partial charge in [-0.15, -0.1) is 0 Å². The van der Waals surface area contributed by atoms with E-state index in [9.17, 15) is 13.9 Å². The van der Waals surface area contributed by atoms with E-state index in [1.54, 1.807) is 6.26 Å². The van der Waals surface area contributed by atoms with Crippen LogP contribution in [-0.2, 0) is 0 Å². The van der Waals surface area contributed by atoms with Gasteiger partial charge in [0.1, 0.15) is 0 Å². The largest absolute Gasteiger partial charge is 0.387 e. The third-order valence-corrected chi connectivity index (χ3v) is 2.64. The maximum Gasteiger partial charge on any atom is 0.164 e. The summed E-state index contributed by atoms with van der Waals surface area (Å²) in [5.41, 5.74) is 0.282. The molecule has 1 N–H and O–H groups in total. The van der Waals surface area contributed by atoms with Crippen LogP contribution in [0.4, 0.5) is 8.78 Å². The second kappa shape index (κ2) is 4.75. The van der Waals surface area contributed by atoms with Gasteiger partial charge < -0.3 is 5.11 Å². The highest BCUT2D eigenvalue weighted by atomic mass is 32.2. The topological polar surface area (TPSA) is 20.2 Å². The fourth-order valence-electron chi connectivity index (χ4n) is 1.17. The molecule has 0 saturated carbocycles. The van der Waals surface area contributed by atoms with Crippen molar-refractivity contribution in [3.63, 3.8) is 0 Å². The lowest BCUT2D eigenvalue weighted by atomic mass is 10.1. The van der Waals surface area contributed by atoms with E-state index < -0.39 is 17.7 Å². The lowest BCUT2D eigenvalue weighted by Crippen LogP contribution is -2.05. The molecular formula is C10H12F2OS. The van der Waals surface area contributed by atoms with E-state index in [0.29, 0.717) is 5.75 Å². The van der Waals surface area contributed by atoms with Crippen molar-refractivity contribution in [2.24, 2.45) is 0 Å². The number of hydrogen-bond acceptors (Lipinski definition) is 2. The van der Waals surface area contributed by atoms with Crippen molar-refractivity contribution < 1.29 is 13.9 Å². The SMILES string of the molecule is CSCC(O)c1ccc(C)c(F)c1F. The van der Waals surface area contributed by atoms with Gasteiger partial charge in [0.25, 0.3) is 0 Å². The monoisotopic (exact) mass is 218 g/mol. The summed E-state index contributed by atoms with van der Waals surface area (Å²) >= 11 is 1.38. The molecule has 0 aliphatic rings. The van der Waals surface area contributed by atoms with E-state index in [4.69, 9.17) is 0 Å². The number of aryl methyl sites for hydroxylation is 1. The van der Waals surface area contributed by atoms with E-state index in [-0.39, 0.29) is 11.1 Å². The molecule has 1 unspecified atom stereocenters. The van der Waals surface area contributed by atoms with Gasteiger partial charge >= 0.3 is 0 Å². The molecule has 0 amide bonds. The molecule has 1 aromatic rings. The Balaban J connectivity index is 3.04. The highest BCUT2D eigenvalue weighted by molar-refractivity contribution is 7.98.